The minimum absolute atomic E-state index is 0.0571. The highest BCUT2D eigenvalue weighted by atomic mass is 19.3. The summed E-state index contributed by atoms with van der Waals surface area (Å²) in [6.07, 6.45) is -2.42. The first kappa shape index (κ1) is 11.1. The Balaban J connectivity index is 2.66. The van der Waals surface area contributed by atoms with Gasteiger partial charge in [0.15, 0.2) is 0 Å². The first-order chi connectivity index (χ1) is 7.39. The Morgan fingerprint density at radius 1 is 1.19 bits per heavy atom. The predicted octanol–water partition coefficient (Wildman–Crippen LogP) is 4.40. The highest BCUT2D eigenvalue weighted by Crippen LogP contribution is 2.31. The van der Waals surface area contributed by atoms with Crippen LogP contribution in [-0.4, -0.2) is 4.98 Å². The average molecular weight is 223 g/mol. The third kappa shape index (κ3) is 1.82. The number of H-pyrrole nitrogens is 1. The molecule has 0 radical (unpaired) electrons. The fourth-order valence-corrected chi connectivity index (χ4v) is 1.77. The average Bonchev–Trinajstić information content (AvgIpc) is 2.59. The van der Waals surface area contributed by atoms with Gasteiger partial charge in [-0.2, -0.15) is 0 Å². The van der Waals surface area contributed by atoms with Crippen LogP contribution in [0.5, 0.6) is 0 Å². The van der Waals surface area contributed by atoms with Crippen LogP contribution in [0.3, 0.4) is 0 Å². The second-order valence-electron chi connectivity index (χ2n) is 5.04. The van der Waals surface area contributed by atoms with E-state index < -0.39 is 6.43 Å². The molecule has 0 aliphatic carbocycles. The molecule has 0 saturated heterocycles. The van der Waals surface area contributed by atoms with Crippen molar-refractivity contribution in [2.75, 3.05) is 0 Å². The lowest BCUT2D eigenvalue weighted by Crippen LogP contribution is -2.10. The van der Waals surface area contributed by atoms with Crippen molar-refractivity contribution in [3.63, 3.8) is 0 Å². The lowest BCUT2D eigenvalue weighted by atomic mass is 9.92. The molecule has 0 aliphatic rings. The van der Waals surface area contributed by atoms with Gasteiger partial charge < -0.3 is 4.98 Å². The second-order valence-corrected chi connectivity index (χ2v) is 5.04. The Morgan fingerprint density at radius 2 is 1.88 bits per heavy atom. The number of hydrogen-bond acceptors (Lipinski definition) is 0. The van der Waals surface area contributed by atoms with Crippen molar-refractivity contribution >= 4 is 10.9 Å². The van der Waals surface area contributed by atoms with Crippen molar-refractivity contribution in [3.8, 4) is 0 Å². The van der Waals surface area contributed by atoms with E-state index in [9.17, 15) is 8.78 Å². The van der Waals surface area contributed by atoms with E-state index in [1.165, 1.54) is 6.07 Å². The van der Waals surface area contributed by atoms with Crippen molar-refractivity contribution in [2.24, 2.45) is 0 Å². The number of nitrogens with one attached hydrogen (secondary N) is 1. The van der Waals surface area contributed by atoms with Crippen LogP contribution in [0, 0.1) is 0 Å². The van der Waals surface area contributed by atoms with E-state index >= 15 is 0 Å². The first-order valence-corrected chi connectivity index (χ1v) is 5.30. The predicted molar refractivity (Wildman–Crippen MR) is 62.0 cm³/mol. The molecule has 0 fully saturated rings. The topological polar surface area (TPSA) is 15.8 Å². The summed E-state index contributed by atoms with van der Waals surface area (Å²) in [5.41, 5.74) is 1.81. The molecule has 1 aromatic heterocycles. The number of alkyl halides is 2. The molecule has 0 saturated carbocycles. The van der Waals surface area contributed by atoms with Crippen LogP contribution >= 0.6 is 0 Å². The molecule has 1 N–H and O–H groups in total. The minimum atomic E-state index is -2.42. The smallest absolute Gasteiger partial charge is 0.264 e. The van der Waals surface area contributed by atoms with Crippen LogP contribution in [0.2, 0.25) is 0 Å². The molecule has 0 aliphatic heterocycles. The number of aromatic amines is 1. The van der Waals surface area contributed by atoms with Crippen LogP contribution in [0.25, 0.3) is 10.9 Å². The van der Waals surface area contributed by atoms with Crippen LogP contribution in [0.1, 0.15) is 38.5 Å². The van der Waals surface area contributed by atoms with Gasteiger partial charge in [0.1, 0.15) is 0 Å². The summed E-state index contributed by atoms with van der Waals surface area (Å²) in [6.45, 7) is 6.17. The molecule has 16 heavy (non-hydrogen) atoms. The summed E-state index contributed by atoms with van der Waals surface area (Å²) in [4.78, 5) is 3.20. The van der Waals surface area contributed by atoms with E-state index in [1.807, 2.05) is 12.1 Å². The van der Waals surface area contributed by atoms with Gasteiger partial charge >= 0.3 is 0 Å². The summed E-state index contributed by atoms with van der Waals surface area (Å²) in [5.74, 6) is 0. The van der Waals surface area contributed by atoms with Crippen LogP contribution in [-0.2, 0) is 5.41 Å². The number of benzene rings is 1. The van der Waals surface area contributed by atoms with Gasteiger partial charge in [0.05, 0.1) is 0 Å². The van der Waals surface area contributed by atoms with E-state index in [0.29, 0.717) is 5.39 Å². The summed E-state index contributed by atoms with van der Waals surface area (Å²) < 4.78 is 25.6. The van der Waals surface area contributed by atoms with E-state index in [4.69, 9.17) is 0 Å². The maximum atomic E-state index is 12.8. The first-order valence-electron chi connectivity index (χ1n) is 5.30. The standard InChI is InChI=1S/C13H15F2N/c1-13(2,3)11-7-9-8(12(14)15)5-4-6-10(9)16-11/h4-7,12,16H,1-3H3. The SMILES string of the molecule is CC(C)(C)c1cc2c(C(F)F)cccc2[nH]1. The molecule has 86 valence electrons. The van der Waals surface area contributed by atoms with Gasteiger partial charge in [0.2, 0.25) is 0 Å². The van der Waals surface area contributed by atoms with Crippen molar-refractivity contribution in [1.82, 2.24) is 4.98 Å². The third-order valence-electron chi connectivity index (χ3n) is 2.74. The molecule has 0 unspecified atom stereocenters. The Morgan fingerprint density at radius 3 is 2.44 bits per heavy atom. The van der Waals surface area contributed by atoms with Gasteiger partial charge in [0.25, 0.3) is 6.43 Å². The third-order valence-corrected chi connectivity index (χ3v) is 2.74. The molecule has 0 amide bonds. The maximum Gasteiger partial charge on any atom is 0.264 e. The van der Waals surface area contributed by atoms with Gasteiger partial charge in [0, 0.05) is 27.6 Å². The Kier molecular flexibility index (Phi) is 2.49. The van der Waals surface area contributed by atoms with E-state index in [1.54, 1.807) is 6.07 Å². The quantitative estimate of drug-likeness (QED) is 0.737. The van der Waals surface area contributed by atoms with E-state index in [2.05, 4.69) is 25.8 Å². The second kappa shape index (κ2) is 3.58. The van der Waals surface area contributed by atoms with Gasteiger partial charge in [-0.25, -0.2) is 8.78 Å². The summed E-state index contributed by atoms with van der Waals surface area (Å²) in [7, 11) is 0. The summed E-state index contributed by atoms with van der Waals surface area (Å²) in [6, 6.07) is 6.80. The molecular formula is C13H15F2N. The van der Waals surface area contributed by atoms with Crippen LogP contribution < -0.4 is 0 Å². The highest BCUT2D eigenvalue weighted by Gasteiger charge is 2.19. The van der Waals surface area contributed by atoms with Crippen molar-refractivity contribution in [2.45, 2.75) is 32.6 Å². The molecule has 0 bridgehead atoms. The van der Waals surface area contributed by atoms with E-state index in [0.717, 1.165) is 11.2 Å². The molecule has 3 heteroatoms. The normalized spacial score (nSPS) is 12.6. The zero-order valence-corrected chi connectivity index (χ0v) is 9.64. The fourth-order valence-electron chi connectivity index (χ4n) is 1.77. The molecule has 2 rings (SSSR count). The van der Waals surface area contributed by atoms with Gasteiger partial charge in [-0.15, -0.1) is 0 Å². The van der Waals surface area contributed by atoms with Crippen molar-refractivity contribution < 1.29 is 8.78 Å². The van der Waals surface area contributed by atoms with Gasteiger partial charge in [-0.3, -0.25) is 0 Å². The number of aromatic nitrogens is 1. The molecule has 2 aromatic rings. The lowest BCUT2D eigenvalue weighted by molar-refractivity contribution is 0.153. The van der Waals surface area contributed by atoms with E-state index in [-0.39, 0.29) is 11.0 Å². The molecular weight excluding hydrogens is 208 g/mol. The summed E-state index contributed by atoms with van der Waals surface area (Å²) in [5, 5.41) is 0.627. The Hall–Kier alpha value is -1.38. The molecule has 1 aromatic carbocycles. The van der Waals surface area contributed by atoms with Crippen LogP contribution in [0.15, 0.2) is 24.3 Å². The monoisotopic (exact) mass is 223 g/mol. The zero-order chi connectivity index (χ0) is 11.9. The summed E-state index contributed by atoms with van der Waals surface area (Å²) >= 11 is 0. The van der Waals surface area contributed by atoms with Crippen LogP contribution in [0.4, 0.5) is 8.78 Å². The molecule has 1 nitrogen and oxygen atoms in total. The minimum Gasteiger partial charge on any atom is -0.358 e. The Labute approximate surface area is 93.5 Å². The number of hydrogen-bond donors (Lipinski definition) is 1. The van der Waals surface area contributed by atoms with Gasteiger partial charge in [-0.1, -0.05) is 32.9 Å². The van der Waals surface area contributed by atoms with Crippen molar-refractivity contribution in [3.05, 3.63) is 35.5 Å². The lowest BCUT2D eigenvalue weighted by Gasteiger charge is -2.15. The molecule has 0 atom stereocenters. The molecule has 0 spiro atoms. The largest absolute Gasteiger partial charge is 0.358 e. The number of fused-ring (bicyclic) bond motifs is 1. The maximum absolute atomic E-state index is 12.8. The fraction of sp³-hybridized carbons (Fsp3) is 0.385. The highest BCUT2D eigenvalue weighted by molar-refractivity contribution is 5.84. The Bertz CT molecular complexity index is 506. The van der Waals surface area contributed by atoms with Gasteiger partial charge in [-0.05, 0) is 12.1 Å². The molecule has 1 heterocycles. The zero-order valence-electron chi connectivity index (χ0n) is 9.64. The number of rotatable bonds is 1. The number of halogens is 2. The van der Waals surface area contributed by atoms with Crippen molar-refractivity contribution in [1.29, 1.82) is 0 Å².